The van der Waals surface area contributed by atoms with Crippen LogP contribution in [0.1, 0.15) is 6.92 Å². The molecule has 0 bridgehead atoms. The number of anilines is 2. The van der Waals surface area contributed by atoms with Crippen LogP contribution in [0.3, 0.4) is 0 Å². The summed E-state index contributed by atoms with van der Waals surface area (Å²) in [5.41, 5.74) is 7.21. The maximum Gasteiger partial charge on any atom is 0.238 e. The summed E-state index contributed by atoms with van der Waals surface area (Å²) in [6, 6.07) is 5.46. The maximum atomic E-state index is 11.9. The fraction of sp³-hybridized carbons (Fsp3) is 0.333. The van der Waals surface area contributed by atoms with Gasteiger partial charge >= 0.3 is 0 Å². The fourth-order valence-corrected chi connectivity index (χ4v) is 3.09. The van der Waals surface area contributed by atoms with Crippen molar-refractivity contribution < 1.29 is 9.90 Å². The Labute approximate surface area is 119 Å². The van der Waals surface area contributed by atoms with Gasteiger partial charge in [0.1, 0.15) is 0 Å². The Bertz CT molecular complexity index is 585. The van der Waals surface area contributed by atoms with E-state index in [1.807, 2.05) is 12.1 Å². The Morgan fingerprint density at radius 3 is 3.16 bits per heavy atom. The first-order valence-corrected chi connectivity index (χ1v) is 7.66. The smallest absolute Gasteiger partial charge is 0.238 e. The summed E-state index contributed by atoms with van der Waals surface area (Å²) in [6.07, 6.45) is 0. The topological polar surface area (TPSA) is 88.2 Å². The number of carbonyl (C=O) groups excluding carboxylic acids is 1. The average Bonchev–Trinajstić information content (AvgIpc) is 2.77. The van der Waals surface area contributed by atoms with Crippen molar-refractivity contribution in [1.29, 1.82) is 0 Å². The Balaban J connectivity index is 2.06. The van der Waals surface area contributed by atoms with Crippen molar-refractivity contribution in [1.82, 2.24) is 4.98 Å². The van der Waals surface area contributed by atoms with Gasteiger partial charge in [0.2, 0.25) is 5.91 Å². The van der Waals surface area contributed by atoms with Crippen LogP contribution in [0.5, 0.6) is 0 Å². The number of hydrogen-bond acceptors (Lipinski definition) is 6. The second-order valence-corrected chi connectivity index (χ2v) is 6.45. The first kappa shape index (κ1) is 14.1. The summed E-state index contributed by atoms with van der Waals surface area (Å²) in [7, 11) is 0. The number of thioether (sulfide) groups is 1. The monoisotopic (exact) mass is 297 g/mol. The van der Waals surface area contributed by atoms with E-state index in [-0.39, 0.29) is 17.8 Å². The van der Waals surface area contributed by atoms with Gasteiger partial charge in [-0.05, 0) is 25.1 Å². The molecule has 1 unspecified atom stereocenters. The van der Waals surface area contributed by atoms with Gasteiger partial charge in [-0.1, -0.05) is 11.3 Å². The van der Waals surface area contributed by atoms with E-state index in [0.29, 0.717) is 16.6 Å². The second kappa shape index (κ2) is 6.23. The number of benzene rings is 1. The van der Waals surface area contributed by atoms with Crippen molar-refractivity contribution in [2.45, 2.75) is 12.2 Å². The van der Waals surface area contributed by atoms with Gasteiger partial charge < -0.3 is 16.2 Å². The van der Waals surface area contributed by atoms with Gasteiger partial charge in [-0.3, -0.25) is 4.79 Å². The van der Waals surface area contributed by atoms with Gasteiger partial charge in [-0.2, -0.15) is 0 Å². The molecule has 4 N–H and O–H groups in total. The number of rotatable bonds is 5. The van der Waals surface area contributed by atoms with Crippen molar-refractivity contribution >= 4 is 50.0 Å². The van der Waals surface area contributed by atoms with Crippen LogP contribution in [0.25, 0.3) is 10.2 Å². The van der Waals surface area contributed by atoms with Crippen LogP contribution in [0, 0.1) is 0 Å². The number of nitrogens with one attached hydrogen (secondary N) is 1. The zero-order chi connectivity index (χ0) is 13.8. The van der Waals surface area contributed by atoms with Crippen molar-refractivity contribution in [3.05, 3.63) is 18.2 Å². The van der Waals surface area contributed by atoms with Crippen LogP contribution in [0.15, 0.2) is 18.2 Å². The molecular formula is C12H15N3O2S2. The molecule has 5 nitrogen and oxygen atoms in total. The fourth-order valence-electron chi connectivity index (χ4n) is 1.51. The van der Waals surface area contributed by atoms with Crippen LogP contribution in [0.4, 0.5) is 10.8 Å². The number of aliphatic hydroxyl groups excluding tert-OH is 1. The molecule has 0 saturated carbocycles. The number of nitrogens with zero attached hydrogens (tertiary/aromatic N) is 1. The molecule has 19 heavy (non-hydrogen) atoms. The van der Waals surface area contributed by atoms with E-state index in [1.165, 1.54) is 23.1 Å². The van der Waals surface area contributed by atoms with Gasteiger partial charge in [0, 0.05) is 11.4 Å². The first-order valence-electron chi connectivity index (χ1n) is 5.79. The zero-order valence-electron chi connectivity index (χ0n) is 10.4. The third kappa shape index (κ3) is 3.59. The van der Waals surface area contributed by atoms with Gasteiger partial charge in [-0.15, -0.1) is 11.8 Å². The van der Waals surface area contributed by atoms with E-state index < -0.39 is 0 Å². The van der Waals surface area contributed by atoms with E-state index in [4.69, 9.17) is 10.8 Å². The van der Waals surface area contributed by atoms with Gasteiger partial charge in [0.05, 0.1) is 22.1 Å². The van der Waals surface area contributed by atoms with Crippen LogP contribution in [0.2, 0.25) is 0 Å². The zero-order valence-corrected chi connectivity index (χ0v) is 12.1. The van der Waals surface area contributed by atoms with E-state index >= 15 is 0 Å². The summed E-state index contributed by atoms with van der Waals surface area (Å²) >= 11 is 2.81. The summed E-state index contributed by atoms with van der Waals surface area (Å²) in [5.74, 6) is 0.441. The molecule has 1 aromatic carbocycles. The number of hydrogen-bond donors (Lipinski definition) is 3. The molecule has 2 rings (SSSR count). The Hall–Kier alpha value is -1.31. The van der Waals surface area contributed by atoms with E-state index in [9.17, 15) is 4.79 Å². The molecule has 0 spiro atoms. The van der Waals surface area contributed by atoms with Crippen LogP contribution in [-0.2, 0) is 4.79 Å². The lowest BCUT2D eigenvalue weighted by atomic mass is 10.3. The van der Waals surface area contributed by atoms with Crippen molar-refractivity contribution in [3.63, 3.8) is 0 Å². The minimum absolute atomic E-state index is 0.0721. The normalized spacial score (nSPS) is 12.5. The molecule has 1 heterocycles. The number of aliphatic hydroxyl groups is 1. The van der Waals surface area contributed by atoms with Crippen molar-refractivity contribution in [2.24, 2.45) is 0 Å². The van der Waals surface area contributed by atoms with Gasteiger partial charge in [0.25, 0.3) is 0 Å². The SMILES string of the molecule is CC(SCCO)C(=O)Nc1nc2ccc(N)cc2s1. The average molecular weight is 297 g/mol. The number of thiazole rings is 1. The Morgan fingerprint density at radius 1 is 1.63 bits per heavy atom. The lowest BCUT2D eigenvalue weighted by Crippen LogP contribution is -2.22. The predicted molar refractivity (Wildman–Crippen MR) is 81.7 cm³/mol. The van der Waals surface area contributed by atoms with Gasteiger partial charge in [0.15, 0.2) is 5.13 Å². The molecule has 0 aliphatic heterocycles. The molecule has 102 valence electrons. The minimum atomic E-state index is -0.218. The van der Waals surface area contributed by atoms with E-state index in [2.05, 4.69) is 10.3 Å². The molecule has 0 aliphatic carbocycles. The second-order valence-electron chi connectivity index (χ2n) is 3.97. The third-order valence-corrected chi connectivity index (χ3v) is 4.54. The van der Waals surface area contributed by atoms with Crippen molar-refractivity contribution in [3.8, 4) is 0 Å². The molecule has 0 aliphatic rings. The summed E-state index contributed by atoms with van der Waals surface area (Å²) in [5, 5.41) is 11.9. The minimum Gasteiger partial charge on any atom is -0.399 e. The molecule has 7 heteroatoms. The third-order valence-electron chi connectivity index (χ3n) is 2.47. The molecule has 0 fully saturated rings. The number of fused-ring (bicyclic) bond motifs is 1. The highest BCUT2D eigenvalue weighted by molar-refractivity contribution is 8.00. The highest BCUT2D eigenvalue weighted by atomic mass is 32.2. The number of nitrogen functional groups attached to an aromatic ring is 1. The number of nitrogens with two attached hydrogens (primary N) is 1. The van der Waals surface area contributed by atoms with E-state index in [1.54, 1.807) is 13.0 Å². The number of carbonyl (C=O) groups is 1. The van der Waals surface area contributed by atoms with Gasteiger partial charge in [-0.25, -0.2) is 4.98 Å². The highest BCUT2D eigenvalue weighted by Crippen LogP contribution is 2.28. The predicted octanol–water partition coefficient (Wildman–Crippen LogP) is 1.93. The summed E-state index contributed by atoms with van der Waals surface area (Å²) < 4.78 is 0.950. The highest BCUT2D eigenvalue weighted by Gasteiger charge is 2.15. The first-order chi connectivity index (χ1) is 9.10. The largest absolute Gasteiger partial charge is 0.399 e. The van der Waals surface area contributed by atoms with E-state index in [0.717, 1.165) is 10.2 Å². The number of aromatic nitrogens is 1. The lowest BCUT2D eigenvalue weighted by molar-refractivity contribution is -0.115. The van der Waals surface area contributed by atoms with Crippen LogP contribution >= 0.6 is 23.1 Å². The molecule has 2 aromatic rings. The summed E-state index contributed by atoms with van der Waals surface area (Å²) in [4.78, 5) is 16.2. The lowest BCUT2D eigenvalue weighted by Gasteiger charge is -2.08. The molecule has 1 aromatic heterocycles. The molecule has 1 atom stereocenters. The standard InChI is InChI=1S/C12H15N3O2S2/c1-7(18-5-4-16)11(17)15-12-14-9-3-2-8(13)6-10(9)19-12/h2-3,6-7,16H,4-5,13H2,1H3,(H,14,15,17). The maximum absolute atomic E-state index is 11.9. The quantitative estimate of drug-likeness (QED) is 0.734. The Morgan fingerprint density at radius 2 is 2.42 bits per heavy atom. The number of amides is 1. The summed E-state index contributed by atoms with van der Waals surface area (Å²) in [6.45, 7) is 1.88. The molecule has 0 saturated heterocycles. The Kier molecular flexibility index (Phi) is 4.62. The molecule has 1 amide bonds. The molecular weight excluding hydrogens is 282 g/mol. The van der Waals surface area contributed by atoms with Crippen molar-refractivity contribution in [2.75, 3.05) is 23.4 Å². The van der Waals surface area contributed by atoms with Crippen LogP contribution < -0.4 is 11.1 Å². The molecule has 0 radical (unpaired) electrons. The van der Waals surface area contributed by atoms with Crippen LogP contribution in [-0.4, -0.2) is 33.6 Å².